The Labute approximate surface area is 206 Å². The fourth-order valence-electron chi connectivity index (χ4n) is 5.29. The Hall–Kier alpha value is -2.61. The maximum atomic E-state index is 13.3. The number of piperidine rings is 1. The molecule has 3 aliphatic heterocycles. The van der Waals surface area contributed by atoms with Crippen molar-refractivity contribution in [3.8, 4) is 0 Å². The van der Waals surface area contributed by atoms with E-state index in [0.717, 1.165) is 69.1 Å². The largest absolute Gasteiger partial charge is 0.397 e. The van der Waals surface area contributed by atoms with E-state index in [0.29, 0.717) is 22.2 Å². The maximum Gasteiger partial charge on any atom is 0.242 e. The number of ether oxygens (including phenoxy) is 1. The minimum absolute atomic E-state index is 0.136. The number of pyridine rings is 1. The van der Waals surface area contributed by atoms with E-state index < -0.39 is 0 Å². The molecule has 0 saturated carbocycles. The number of aromatic nitrogens is 1. The molecule has 34 heavy (non-hydrogen) atoms. The van der Waals surface area contributed by atoms with E-state index in [4.69, 9.17) is 22.1 Å². The number of rotatable bonds is 6. The van der Waals surface area contributed by atoms with Crippen LogP contribution in [0.15, 0.2) is 48.8 Å². The van der Waals surface area contributed by atoms with Gasteiger partial charge in [-0.25, -0.2) is 0 Å². The van der Waals surface area contributed by atoms with E-state index in [9.17, 15) is 4.79 Å². The zero-order chi connectivity index (χ0) is 23.7. The molecule has 0 aliphatic carbocycles. The first-order chi connectivity index (χ1) is 16.4. The predicted octanol–water partition coefficient (Wildman–Crippen LogP) is 2.77. The summed E-state index contributed by atoms with van der Waals surface area (Å²) in [5.74, 6) is 0.136. The van der Waals surface area contributed by atoms with Gasteiger partial charge in [-0.1, -0.05) is 23.7 Å². The third-order valence-corrected chi connectivity index (χ3v) is 7.76. The number of amides is 1. The number of benzene rings is 1. The van der Waals surface area contributed by atoms with Crippen molar-refractivity contribution >= 4 is 28.9 Å². The average molecular weight is 482 g/mol. The molecular weight excluding hydrogens is 450 g/mol. The van der Waals surface area contributed by atoms with Crippen LogP contribution >= 0.6 is 11.6 Å². The Morgan fingerprint density at radius 3 is 2.35 bits per heavy atom. The number of carbonyl (C=O) groups is 1. The third-order valence-electron chi connectivity index (χ3n) is 7.51. The smallest absolute Gasteiger partial charge is 0.242 e. The normalized spacial score (nSPS) is 20.9. The second-order valence-corrected chi connectivity index (χ2v) is 10.3. The molecule has 4 heterocycles. The van der Waals surface area contributed by atoms with E-state index in [2.05, 4.69) is 9.88 Å². The van der Waals surface area contributed by atoms with Crippen molar-refractivity contribution < 1.29 is 9.53 Å². The van der Waals surface area contributed by atoms with Crippen molar-refractivity contribution in [3.63, 3.8) is 0 Å². The summed E-state index contributed by atoms with van der Waals surface area (Å²) in [4.78, 5) is 23.9. The van der Waals surface area contributed by atoms with Gasteiger partial charge in [-0.3, -0.25) is 14.7 Å². The van der Waals surface area contributed by atoms with Crippen molar-refractivity contribution in [1.29, 1.82) is 0 Å². The van der Waals surface area contributed by atoms with Crippen LogP contribution in [0.2, 0.25) is 5.02 Å². The van der Waals surface area contributed by atoms with E-state index in [1.165, 1.54) is 0 Å². The summed E-state index contributed by atoms with van der Waals surface area (Å²) >= 11 is 6.06. The Morgan fingerprint density at radius 1 is 1.12 bits per heavy atom. The number of likely N-dealkylation sites (N-methyl/N-ethyl adjacent to an activating group) is 1. The Bertz CT molecular complexity index is 1040. The predicted molar refractivity (Wildman–Crippen MR) is 134 cm³/mol. The summed E-state index contributed by atoms with van der Waals surface area (Å²) in [5, 5.41) is 0.656. The molecule has 1 amide bonds. The van der Waals surface area contributed by atoms with E-state index in [1.54, 1.807) is 12.4 Å². The molecule has 180 valence electrons. The van der Waals surface area contributed by atoms with Crippen LogP contribution < -0.4 is 5.73 Å². The second kappa shape index (κ2) is 9.56. The number of hydrogen-bond donors (Lipinski definition) is 1. The van der Waals surface area contributed by atoms with Gasteiger partial charge < -0.3 is 20.3 Å². The third kappa shape index (κ3) is 4.65. The lowest BCUT2D eigenvalue weighted by Crippen LogP contribution is -2.66. The summed E-state index contributed by atoms with van der Waals surface area (Å²) in [7, 11) is 1.92. The number of halogens is 1. The molecule has 8 heteroatoms. The average Bonchev–Trinajstić information content (AvgIpc) is 2.78. The highest BCUT2D eigenvalue weighted by atomic mass is 35.5. The molecule has 2 aromatic rings. The van der Waals surface area contributed by atoms with Crippen molar-refractivity contribution in [1.82, 2.24) is 19.7 Å². The van der Waals surface area contributed by atoms with E-state index in [-0.39, 0.29) is 12.5 Å². The summed E-state index contributed by atoms with van der Waals surface area (Å²) in [5.41, 5.74) is 10.2. The molecule has 7 nitrogen and oxygen atoms in total. The monoisotopic (exact) mass is 481 g/mol. The molecule has 3 fully saturated rings. The first-order valence-electron chi connectivity index (χ1n) is 11.9. The molecule has 0 radical (unpaired) electrons. The zero-order valence-electron chi connectivity index (χ0n) is 19.6. The highest BCUT2D eigenvalue weighted by Crippen LogP contribution is 2.42. The van der Waals surface area contributed by atoms with Gasteiger partial charge in [0.15, 0.2) is 0 Å². The van der Waals surface area contributed by atoms with Gasteiger partial charge in [-0.05, 0) is 48.1 Å². The van der Waals surface area contributed by atoms with Gasteiger partial charge in [0.2, 0.25) is 5.91 Å². The molecule has 0 unspecified atom stereocenters. The lowest BCUT2D eigenvalue weighted by Gasteiger charge is -2.57. The second-order valence-electron chi connectivity index (χ2n) is 9.84. The lowest BCUT2D eigenvalue weighted by atomic mass is 9.71. The van der Waals surface area contributed by atoms with Gasteiger partial charge in [0.25, 0.3) is 0 Å². The van der Waals surface area contributed by atoms with Crippen molar-refractivity contribution in [3.05, 3.63) is 64.9 Å². The summed E-state index contributed by atoms with van der Waals surface area (Å²) in [6, 6.07) is 11.9. The van der Waals surface area contributed by atoms with Crippen molar-refractivity contribution in [2.24, 2.45) is 11.1 Å². The molecule has 5 rings (SSSR count). The molecule has 1 spiro atoms. The number of nitrogens with two attached hydrogens (primary N) is 1. The zero-order valence-corrected chi connectivity index (χ0v) is 20.4. The van der Waals surface area contributed by atoms with Gasteiger partial charge in [0, 0.05) is 56.2 Å². The molecule has 2 N–H and O–H groups in total. The molecule has 3 saturated heterocycles. The maximum absolute atomic E-state index is 13.3. The fraction of sp³-hybridized carbons (Fsp3) is 0.462. The van der Waals surface area contributed by atoms with Gasteiger partial charge in [-0.15, -0.1) is 0 Å². The van der Waals surface area contributed by atoms with Crippen LogP contribution in [0.4, 0.5) is 0 Å². The molecule has 3 aliphatic rings. The summed E-state index contributed by atoms with van der Waals surface area (Å²) < 4.78 is 5.33. The number of carbonyl (C=O) groups excluding carboxylic acids is 1. The summed E-state index contributed by atoms with van der Waals surface area (Å²) in [6.45, 7) is 5.96. The number of nitrogens with zero attached hydrogens (tertiary/aromatic N) is 4. The molecule has 1 aromatic carbocycles. The van der Waals surface area contributed by atoms with Gasteiger partial charge in [0.05, 0.1) is 37.2 Å². The van der Waals surface area contributed by atoms with Crippen LogP contribution in [0.3, 0.4) is 0 Å². The van der Waals surface area contributed by atoms with Crippen LogP contribution in [0.1, 0.15) is 24.0 Å². The minimum Gasteiger partial charge on any atom is -0.397 e. The Kier molecular flexibility index (Phi) is 6.51. The first-order valence-corrected chi connectivity index (χ1v) is 12.3. The van der Waals surface area contributed by atoms with Crippen LogP contribution in [0, 0.1) is 5.41 Å². The highest BCUT2D eigenvalue weighted by Gasteiger charge is 2.48. The lowest BCUT2D eigenvalue weighted by molar-refractivity contribution is -0.152. The fourth-order valence-corrected chi connectivity index (χ4v) is 5.42. The van der Waals surface area contributed by atoms with Gasteiger partial charge in [-0.2, -0.15) is 0 Å². The van der Waals surface area contributed by atoms with Crippen molar-refractivity contribution in [2.45, 2.75) is 18.9 Å². The minimum atomic E-state index is 0.136. The van der Waals surface area contributed by atoms with Crippen LogP contribution in [0.25, 0.3) is 11.4 Å². The van der Waals surface area contributed by atoms with Crippen LogP contribution in [-0.4, -0.2) is 84.6 Å². The SMILES string of the molecule is CN(CC(=O)N1CCC2(CC1)CN(C1COC1)C2)/C(=C(\N)c1ccc(Cl)cc1)c1ccncc1. The van der Waals surface area contributed by atoms with Crippen molar-refractivity contribution in [2.75, 3.05) is 53.0 Å². The number of hydrogen-bond acceptors (Lipinski definition) is 6. The molecule has 1 aromatic heterocycles. The summed E-state index contributed by atoms with van der Waals surface area (Å²) in [6.07, 6.45) is 5.63. The molecular formula is C26H32ClN5O2. The molecule has 0 bridgehead atoms. The highest BCUT2D eigenvalue weighted by molar-refractivity contribution is 6.30. The van der Waals surface area contributed by atoms with Gasteiger partial charge in [0.1, 0.15) is 0 Å². The first kappa shape index (κ1) is 23.1. The van der Waals surface area contributed by atoms with Gasteiger partial charge >= 0.3 is 0 Å². The number of likely N-dealkylation sites (tertiary alicyclic amines) is 2. The Morgan fingerprint density at radius 2 is 1.76 bits per heavy atom. The van der Waals surface area contributed by atoms with E-state index in [1.807, 2.05) is 53.2 Å². The van der Waals surface area contributed by atoms with Crippen LogP contribution in [0.5, 0.6) is 0 Å². The van der Waals surface area contributed by atoms with Crippen LogP contribution in [-0.2, 0) is 9.53 Å². The quantitative estimate of drug-likeness (QED) is 0.683. The molecule has 0 atom stereocenters. The Balaban J connectivity index is 1.25. The topological polar surface area (TPSA) is 74.9 Å². The van der Waals surface area contributed by atoms with E-state index >= 15 is 0 Å². The standard InChI is InChI=1S/C26H32ClN5O2/c1-30(25(20-6-10-29-11-7-20)24(28)19-2-4-21(27)5-3-19)14-23(33)31-12-8-26(9-13-31)17-32(18-26)22-15-34-16-22/h2-7,10-11,22H,8-9,12-18,28H2,1H3/b25-24-.